The van der Waals surface area contributed by atoms with E-state index in [0.29, 0.717) is 18.0 Å². The van der Waals surface area contributed by atoms with Gasteiger partial charge in [0.05, 0.1) is 4.90 Å². The van der Waals surface area contributed by atoms with Crippen LogP contribution in [0.2, 0.25) is 0 Å². The fourth-order valence-corrected chi connectivity index (χ4v) is 4.15. The van der Waals surface area contributed by atoms with E-state index in [1.54, 1.807) is 18.3 Å². The van der Waals surface area contributed by atoms with Gasteiger partial charge in [-0.25, -0.2) is 13.4 Å². The fraction of sp³-hybridized carbons (Fsp3) is 0.214. The highest BCUT2D eigenvalue weighted by Crippen LogP contribution is 2.31. The molecule has 0 saturated carbocycles. The number of sulfonamides is 1. The highest BCUT2D eigenvalue weighted by molar-refractivity contribution is 9.10. The van der Waals surface area contributed by atoms with Crippen molar-refractivity contribution < 1.29 is 8.42 Å². The average molecular weight is 353 g/mol. The van der Waals surface area contributed by atoms with Crippen LogP contribution in [0.3, 0.4) is 0 Å². The van der Waals surface area contributed by atoms with Gasteiger partial charge in [-0.2, -0.15) is 4.31 Å². The second kappa shape index (κ2) is 4.95. The second-order valence-electron chi connectivity index (χ2n) is 4.83. The summed E-state index contributed by atoms with van der Waals surface area (Å²) in [5, 5.41) is 0. The summed E-state index contributed by atoms with van der Waals surface area (Å²) in [6, 6.07) is 8.80. The summed E-state index contributed by atoms with van der Waals surface area (Å²) >= 11 is 3.37. The lowest BCUT2D eigenvalue weighted by atomic mass is 10.2. The molecule has 0 saturated heterocycles. The summed E-state index contributed by atoms with van der Waals surface area (Å²) in [6.45, 7) is 2.69. The summed E-state index contributed by atoms with van der Waals surface area (Å²) in [5.41, 5.74) is 2.99. The van der Waals surface area contributed by atoms with Gasteiger partial charge in [0.15, 0.2) is 0 Å². The van der Waals surface area contributed by atoms with Crippen LogP contribution in [-0.4, -0.2) is 17.7 Å². The summed E-state index contributed by atoms with van der Waals surface area (Å²) in [5.74, 6) is 0. The second-order valence-corrected chi connectivity index (χ2v) is 7.51. The van der Waals surface area contributed by atoms with Crippen molar-refractivity contribution in [2.24, 2.45) is 0 Å². The van der Waals surface area contributed by atoms with Crippen molar-refractivity contribution in [3.63, 3.8) is 0 Å². The van der Waals surface area contributed by atoms with Gasteiger partial charge < -0.3 is 0 Å². The predicted octanol–water partition coefficient (Wildman–Crippen LogP) is 2.86. The highest BCUT2D eigenvalue weighted by atomic mass is 79.9. The molecule has 0 unspecified atom stereocenters. The molecule has 0 N–H and O–H groups in total. The maximum atomic E-state index is 12.6. The third-order valence-corrected chi connectivity index (χ3v) is 5.93. The Kier molecular flexibility index (Phi) is 3.40. The van der Waals surface area contributed by atoms with Gasteiger partial charge in [0.2, 0.25) is 10.0 Å². The van der Waals surface area contributed by atoms with E-state index in [9.17, 15) is 8.42 Å². The SMILES string of the molecule is Cc1ccc(S(=O)(=O)N2Cc3ccnc(Br)c3C2)cc1. The number of aryl methyl sites for hydroxylation is 1. The molecule has 1 aliphatic rings. The van der Waals surface area contributed by atoms with Gasteiger partial charge in [0.25, 0.3) is 0 Å². The van der Waals surface area contributed by atoms with Gasteiger partial charge in [0, 0.05) is 24.8 Å². The van der Waals surface area contributed by atoms with Crippen LogP contribution in [0.5, 0.6) is 0 Å². The van der Waals surface area contributed by atoms with E-state index in [2.05, 4.69) is 20.9 Å². The molecule has 0 aliphatic carbocycles. The average Bonchev–Trinajstić information content (AvgIpc) is 2.85. The first-order chi connectivity index (χ1) is 9.48. The van der Waals surface area contributed by atoms with Gasteiger partial charge in [-0.3, -0.25) is 0 Å². The molecular weight excluding hydrogens is 340 g/mol. The van der Waals surface area contributed by atoms with Gasteiger partial charge in [0.1, 0.15) is 4.60 Å². The van der Waals surface area contributed by atoms with Gasteiger partial charge in [-0.05, 0) is 46.6 Å². The molecule has 0 bridgehead atoms. The molecule has 104 valence electrons. The normalized spacial score (nSPS) is 15.3. The van der Waals surface area contributed by atoms with Crippen molar-refractivity contribution in [1.29, 1.82) is 0 Å². The molecule has 1 aromatic heterocycles. The number of rotatable bonds is 2. The maximum absolute atomic E-state index is 12.6. The van der Waals surface area contributed by atoms with Crippen LogP contribution >= 0.6 is 15.9 Å². The number of pyridine rings is 1. The third kappa shape index (κ3) is 2.28. The fourth-order valence-electron chi connectivity index (χ4n) is 2.27. The molecule has 3 rings (SSSR count). The first kappa shape index (κ1) is 13.7. The van der Waals surface area contributed by atoms with Crippen LogP contribution in [0.4, 0.5) is 0 Å². The Morgan fingerprint density at radius 2 is 1.85 bits per heavy atom. The van der Waals surface area contributed by atoms with Crippen molar-refractivity contribution in [3.05, 3.63) is 57.8 Å². The topological polar surface area (TPSA) is 50.3 Å². The first-order valence-corrected chi connectivity index (χ1v) is 8.41. The molecule has 0 spiro atoms. The molecular formula is C14H13BrN2O2S. The van der Waals surface area contributed by atoms with E-state index in [-0.39, 0.29) is 0 Å². The van der Waals surface area contributed by atoms with Crippen molar-refractivity contribution in [1.82, 2.24) is 9.29 Å². The quantitative estimate of drug-likeness (QED) is 0.780. The molecule has 0 fully saturated rings. The Hall–Kier alpha value is -1.24. The molecule has 1 aliphatic heterocycles. The lowest BCUT2D eigenvalue weighted by Gasteiger charge is -2.15. The lowest BCUT2D eigenvalue weighted by molar-refractivity contribution is 0.431. The van der Waals surface area contributed by atoms with Crippen LogP contribution in [-0.2, 0) is 23.1 Å². The number of benzene rings is 1. The van der Waals surface area contributed by atoms with E-state index in [1.807, 2.05) is 25.1 Å². The molecule has 20 heavy (non-hydrogen) atoms. The Morgan fingerprint density at radius 1 is 1.15 bits per heavy atom. The number of hydrogen-bond acceptors (Lipinski definition) is 3. The van der Waals surface area contributed by atoms with Gasteiger partial charge in [-0.15, -0.1) is 0 Å². The lowest BCUT2D eigenvalue weighted by Crippen LogP contribution is -2.25. The van der Waals surface area contributed by atoms with Crippen molar-refractivity contribution in [3.8, 4) is 0 Å². The molecule has 2 heterocycles. The third-order valence-electron chi connectivity index (χ3n) is 3.44. The molecule has 0 amide bonds. The summed E-state index contributed by atoms with van der Waals surface area (Å²) in [4.78, 5) is 4.48. The van der Waals surface area contributed by atoms with Crippen molar-refractivity contribution >= 4 is 26.0 Å². The zero-order valence-electron chi connectivity index (χ0n) is 10.9. The Morgan fingerprint density at radius 3 is 2.50 bits per heavy atom. The molecule has 2 aromatic rings. The number of nitrogens with zero attached hydrogens (tertiary/aromatic N) is 2. The smallest absolute Gasteiger partial charge is 0.243 e. The van der Waals surface area contributed by atoms with E-state index in [4.69, 9.17) is 0 Å². The number of halogens is 1. The van der Waals surface area contributed by atoms with Crippen LogP contribution in [0, 0.1) is 6.92 Å². The maximum Gasteiger partial charge on any atom is 0.243 e. The van der Waals surface area contributed by atoms with E-state index in [1.165, 1.54) is 4.31 Å². The molecule has 0 radical (unpaired) electrons. The molecule has 4 nitrogen and oxygen atoms in total. The van der Waals surface area contributed by atoms with E-state index < -0.39 is 10.0 Å². The molecule has 6 heteroatoms. The number of hydrogen-bond donors (Lipinski definition) is 0. The largest absolute Gasteiger partial charge is 0.249 e. The van der Waals surface area contributed by atoms with Gasteiger partial charge in [-0.1, -0.05) is 17.7 Å². The van der Waals surface area contributed by atoms with E-state index >= 15 is 0 Å². The minimum absolute atomic E-state index is 0.333. The van der Waals surface area contributed by atoms with Crippen molar-refractivity contribution in [2.75, 3.05) is 0 Å². The summed E-state index contributed by atoms with van der Waals surface area (Å²) in [7, 11) is -3.46. The Labute approximate surface area is 126 Å². The monoisotopic (exact) mass is 352 g/mol. The van der Waals surface area contributed by atoms with Crippen LogP contribution in [0.15, 0.2) is 46.0 Å². The minimum atomic E-state index is -3.46. The zero-order valence-corrected chi connectivity index (χ0v) is 13.3. The highest BCUT2D eigenvalue weighted by Gasteiger charge is 2.31. The summed E-state index contributed by atoms with van der Waals surface area (Å²) in [6.07, 6.45) is 1.69. The van der Waals surface area contributed by atoms with E-state index in [0.717, 1.165) is 21.3 Å². The van der Waals surface area contributed by atoms with Gasteiger partial charge >= 0.3 is 0 Å². The first-order valence-electron chi connectivity index (χ1n) is 6.17. The van der Waals surface area contributed by atoms with Crippen LogP contribution < -0.4 is 0 Å². The Bertz CT molecular complexity index is 757. The molecule has 1 aromatic carbocycles. The predicted molar refractivity (Wildman–Crippen MR) is 79.5 cm³/mol. The number of aromatic nitrogens is 1. The van der Waals surface area contributed by atoms with Crippen LogP contribution in [0.25, 0.3) is 0 Å². The minimum Gasteiger partial charge on any atom is -0.249 e. The zero-order chi connectivity index (χ0) is 14.3. The Balaban J connectivity index is 1.96. The summed E-state index contributed by atoms with van der Waals surface area (Å²) < 4.78 is 27.4. The van der Waals surface area contributed by atoms with Crippen molar-refractivity contribution in [2.45, 2.75) is 24.9 Å². The standard InChI is InChI=1S/C14H13BrN2O2S/c1-10-2-4-12(5-3-10)20(18,19)17-8-11-6-7-16-14(15)13(11)9-17/h2-7H,8-9H2,1H3. The molecule has 0 atom stereocenters. The number of fused-ring (bicyclic) bond motifs is 1. The van der Waals surface area contributed by atoms with Crippen LogP contribution in [0.1, 0.15) is 16.7 Å².